The quantitative estimate of drug-likeness (QED) is 0.601. The summed E-state index contributed by atoms with van der Waals surface area (Å²) in [6.07, 6.45) is 3.38. The second-order valence-corrected chi connectivity index (χ2v) is 8.48. The third kappa shape index (κ3) is 4.91. The number of nitrogens with zero attached hydrogens (tertiary/aromatic N) is 4. The van der Waals surface area contributed by atoms with E-state index >= 15 is 0 Å². The molecule has 156 valence electrons. The van der Waals surface area contributed by atoms with Crippen LogP contribution in [0.3, 0.4) is 0 Å². The number of hydrogen-bond donors (Lipinski definition) is 1. The molecule has 0 spiro atoms. The molecule has 0 radical (unpaired) electrons. The Kier molecular flexibility index (Phi) is 6.50. The number of carbonyl (C=O) groups is 1. The normalized spacial score (nSPS) is 15.7. The standard InChI is InChI=1S/C23H26BrN5O/c1-18(27-11-13-28(14-12-27)21-5-3-2-4-6-21)15-25-23(30)19-16-26-29(17-19)22-9-7-20(24)8-10-22/h2-10,16-18H,11-15H2,1H3,(H,25,30). The minimum atomic E-state index is -0.0897. The number of rotatable bonds is 6. The van der Waals surface area contributed by atoms with E-state index in [9.17, 15) is 4.79 Å². The van der Waals surface area contributed by atoms with Crippen molar-refractivity contribution in [2.24, 2.45) is 0 Å². The Labute approximate surface area is 185 Å². The van der Waals surface area contributed by atoms with E-state index in [1.54, 1.807) is 17.1 Å². The zero-order valence-corrected chi connectivity index (χ0v) is 18.6. The molecule has 0 aliphatic carbocycles. The summed E-state index contributed by atoms with van der Waals surface area (Å²) in [5.41, 5.74) is 2.77. The van der Waals surface area contributed by atoms with Gasteiger partial charge in [0.2, 0.25) is 0 Å². The molecule has 1 saturated heterocycles. The monoisotopic (exact) mass is 467 g/mol. The van der Waals surface area contributed by atoms with Crippen molar-refractivity contribution in [2.75, 3.05) is 37.6 Å². The van der Waals surface area contributed by atoms with Crippen LogP contribution in [0.4, 0.5) is 5.69 Å². The molecule has 1 amide bonds. The molecule has 1 aliphatic rings. The molecule has 1 atom stereocenters. The number of benzene rings is 2. The van der Waals surface area contributed by atoms with Crippen molar-refractivity contribution >= 4 is 27.5 Å². The average molecular weight is 468 g/mol. The molecule has 2 aromatic carbocycles. The van der Waals surface area contributed by atoms with Crippen LogP contribution >= 0.6 is 15.9 Å². The van der Waals surface area contributed by atoms with E-state index in [-0.39, 0.29) is 11.9 Å². The summed E-state index contributed by atoms with van der Waals surface area (Å²) in [5, 5.41) is 7.37. The van der Waals surface area contributed by atoms with Crippen LogP contribution in [0.5, 0.6) is 0 Å². The lowest BCUT2D eigenvalue weighted by atomic mass is 10.2. The van der Waals surface area contributed by atoms with Gasteiger partial charge < -0.3 is 10.2 Å². The number of carbonyl (C=O) groups excluding carboxylic acids is 1. The second kappa shape index (κ2) is 9.45. The lowest BCUT2D eigenvalue weighted by molar-refractivity contribution is 0.0934. The molecule has 6 nitrogen and oxygen atoms in total. The van der Waals surface area contributed by atoms with Gasteiger partial charge in [-0.05, 0) is 43.3 Å². The van der Waals surface area contributed by atoms with E-state index < -0.39 is 0 Å². The molecule has 0 bridgehead atoms. The summed E-state index contributed by atoms with van der Waals surface area (Å²) in [6.45, 7) is 6.78. The van der Waals surface area contributed by atoms with Gasteiger partial charge in [0.15, 0.2) is 0 Å². The number of hydrogen-bond acceptors (Lipinski definition) is 4. The van der Waals surface area contributed by atoms with E-state index in [1.807, 2.05) is 30.3 Å². The highest BCUT2D eigenvalue weighted by molar-refractivity contribution is 9.10. The minimum Gasteiger partial charge on any atom is -0.369 e. The Balaban J connectivity index is 1.26. The first-order chi connectivity index (χ1) is 14.6. The highest BCUT2D eigenvalue weighted by Crippen LogP contribution is 2.17. The van der Waals surface area contributed by atoms with Gasteiger partial charge in [0.25, 0.3) is 5.91 Å². The number of halogens is 1. The highest BCUT2D eigenvalue weighted by Gasteiger charge is 2.22. The maximum atomic E-state index is 12.6. The van der Waals surface area contributed by atoms with Crippen molar-refractivity contribution in [2.45, 2.75) is 13.0 Å². The Bertz CT molecular complexity index is 965. The number of nitrogens with one attached hydrogen (secondary N) is 1. The molecule has 1 N–H and O–H groups in total. The third-order valence-corrected chi connectivity index (χ3v) is 6.08. The van der Waals surface area contributed by atoms with Gasteiger partial charge in [-0.2, -0.15) is 5.10 Å². The van der Waals surface area contributed by atoms with Crippen molar-refractivity contribution < 1.29 is 4.79 Å². The predicted molar refractivity (Wildman–Crippen MR) is 123 cm³/mol. The summed E-state index contributed by atoms with van der Waals surface area (Å²) in [5.74, 6) is -0.0897. The molecule has 30 heavy (non-hydrogen) atoms. The van der Waals surface area contributed by atoms with Crippen molar-refractivity contribution in [1.29, 1.82) is 0 Å². The summed E-state index contributed by atoms with van der Waals surface area (Å²) >= 11 is 3.43. The molecule has 2 heterocycles. The molecule has 7 heteroatoms. The summed E-state index contributed by atoms with van der Waals surface area (Å²) in [6, 6.07) is 18.6. The number of amides is 1. The Morgan fingerprint density at radius 1 is 1.03 bits per heavy atom. The van der Waals surface area contributed by atoms with Gasteiger partial charge in [0.05, 0.1) is 17.4 Å². The SMILES string of the molecule is CC(CNC(=O)c1cnn(-c2ccc(Br)cc2)c1)N1CCN(c2ccccc2)CC1. The molecular formula is C23H26BrN5O. The molecule has 0 saturated carbocycles. The van der Waals surface area contributed by atoms with E-state index in [2.05, 4.69) is 67.3 Å². The van der Waals surface area contributed by atoms with Gasteiger partial charge >= 0.3 is 0 Å². The minimum absolute atomic E-state index is 0.0897. The van der Waals surface area contributed by atoms with E-state index in [0.29, 0.717) is 12.1 Å². The summed E-state index contributed by atoms with van der Waals surface area (Å²) in [7, 11) is 0. The van der Waals surface area contributed by atoms with Crippen LogP contribution in [0.1, 0.15) is 17.3 Å². The first kappa shape index (κ1) is 20.6. The first-order valence-electron chi connectivity index (χ1n) is 10.2. The maximum Gasteiger partial charge on any atom is 0.254 e. The molecule has 1 aliphatic heterocycles. The van der Waals surface area contributed by atoms with Gasteiger partial charge in [0.1, 0.15) is 0 Å². The van der Waals surface area contributed by atoms with Crippen LogP contribution in [0, 0.1) is 0 Å². The molecule has 1 unspecified atom stereocenters. The van der Waals surface area contributed by atoms with Crippen LogP contribution in [0.15, 0.2) is 71.5 Å². The van der Waals surface area contributed by atoms with Crippen LogP contribution in [0.25, 0.3) is 5.69 Å². The molecule has 3 aromatic rings. The van der Waals surface area contributed by atoms with Crippen LogP contribution in [-0.4, -0.2) is 59.4 Å². The third-order valence-electron chi connectivity index (χ3n) is 5.55. The summed E-state index contributed by atoms with van der Waals surface area (Å²) in [4.78, 5) is 17.4. The van der Waals surface area contributed by atoms with Gasteiger partial charge in [0, 0.05) is 55.1 Å². The van der Waals surface area contributed by atoms with Crippen LogP contribution < -0.4 is 10.2 Å². The zero-order valence-electron chi connectivity index (χ0n) is 17.0. The molecular weight excluding hydrogens is 442 g/mol. The second-order valence-electron chi connectivity index (χ2n) is 7.57. The summed E-state index contributed by atoms with van der Waals surface area (Å²) < 4.78 is 2.73. The molecule has 4 rings (SSSR count). The number of para-hydroxylation sites is 1. The highest BCUT2D eigenvalue weighted by atomic mass is 79.9. The van der Waals surface area contributed by atoms with Crippen molar-refractivity contribution in [3.63, 3.8) is 0 Å². The van der Waals surface area contributed by atoms with Gasteiger partial charge in [-0.1, -0.05) is 34.1 Å². The van der Waals surface area contributed by atoms with Gasteiger partial charge in [-0.15, -0.1) is 0 Å². The topological polar surface area (TPSA) is 53.4 Å². The number of anilines is 1. The van der Waals surface area contributed by atoms with Crippen molar-refractivity contribution in [3.05, 3.63) is 77.0 Å². The van der Waals surface area contributed by atoms with Crippen molar-refractivity contribution in [1.82, 2.24) is 20.0 Å². The predicted octanol–water partition coefficient (Wildman–Crippen LogP) is 3.58. The molecule has 1 aromatic heterocycles. The van der Waals surface area contributed by atoms with Crippen molar-refractivity contribution in [3.8, 4) is 5.69 Å². The first-order valence-corrected chi connectivity index (χ1v) is 11.0. The molecule has 1 fully saturated rings. The van der Waals surface area contributed by atoms with Crippen LogP contribution in [0.2, 0.25) is 0 Å². The van der Waals surface area contributed by atoms with E-state index in [0.717, 1.165) is 36.3 Å². The van der Waals surface area contributed by atoms with Crippen LogP contribution in [-0.2, 0) is 0 Å². The van der Waals surface area contributed by atoms with Gasteiger partial charge in [-0.3, -0.25) is 9.69 Å². The smallest absolute Gasteiger partial charge is 0.254 e. The number of piperazine rings is 1. The Morgan fingerprint density at radius 2 is 1.73 bits per heavy atom. The zero-order chi connectivity index (χ0) is 20.9. The Hall–Kier alpha value is -2.64. The number of aromatic nitrogens is 2. The largest absolute Gasteiger partial charge is 0.369 e. The van der Waals surface area contributed by atoms with E-state index in [1.165, 1.54) is 5.69 Å². The maximum absolute atomic E-state index is 12.6. The van der Waals surface area contributed by atoms with Gasteiger partial charge in [-0.25, -0.2) is 4.68 Å². The lowest BCUT2D eigenvalue weighted by Crippen LogP contribution is -2.52. The van der Waals surface area contributed by atoms with E-state index in [4.69, 9.17) is 0 Å². The fraction of sp³-hybridized carbons (Fsp3) is 0.304. The fourth-order valence-corrected chi connectivity index (χ4v) is 3.97. The fourth-order valence-electron chi connectivity index (χ4n) is 3.71. The lowest BCUT2D eigenvalue weighted by Gasteiger charge is -2.39. The Morgan fingerprint density at radius 3 is 2.43 bits per heavy atom. The average Bonchev–Trinajstić information content (AvgIpc) is 3.29.